The Kier molecular flexibility index (Phi) is 3.40. The molecule has 1 unspecified atom stereocenters. The van der Waals surface area contributed by atoms with Crippen molar-refractivity contribution in [3.63, 3.8) is 0 Å². The van der Waals surface area contributed by atoms with Crippen molar-refractivity contribution in [3.05, 3.63) is 35.4 Å². The summed E-state index contributed by atoms with van der Waals surface area (Å²) in [5.74, 6) is -0.493. The van der Waals surface area contributed by atoms with E-state index in [0.717, 1.165) is 18.4 Å². The van der Waals surface area contributed by atoms with E-state index < -0.39 is 12.0 Å². The number of nitriles is 1. The van der Waals surface area contributed by atoms with Gasteiger partial charge in [0.1, 0.15) is 6.04 Å². The molecule has 0 bridgehead atoms. The number of aliphatic carboxylic acids is 1. The minimum atomic E-state index is -0.777. The molecule has 1 saturated carbocycles. The normalized spacial score (nSPS) is 16.2. The van der Waals surface area contributed by atoms with E-state index in [0.29, 0.717) is 12.1 Å². The molecule has 1 aromatic rings. The SMILES string of the molecule is N#Cc1ccc(CNC(C(=O)O)C2CC2)cc1. The third kappa shape index (κ3) is 3.05. The lowest BCUT2D eigenvalue weighted by Gasteiger charge is -2.13. The summed E-state index contributed by atoms with van der Waals surface area (Å²) in [6.07, 6.45) is 1.99. The van der Waals surface area contributed by atoms with Crippen molar-refractivity contribution in [2.75, 3.05) is 0 Å². The molecule has 0 spiro atoms. The van der Waals surface area contributed by atoms with Crippen LogP contribution in [0.15, 0.2) is 24.3 Å². The van der Waals surface area contributed by atoms with Crippen LogP contribution in [0.1, 0.15) is 24.0 Å². The maximum atomic E-state index is 11.0. The highest BCUT2D eigenvalue weighted by atomic mass is 16.4. The number of hydrogen-bond donors (Lipinski definition) is 2. The fourth-order valence-corrected chi connectivity index (χ4v) is 1.81. The van der Waals surface area contributed by atoms with Gasteiger partial charge in [-0.05, 0) is 36.5 Å². The topological polar surface area (TPSA) is 73.1 Å². The summed E-state index contributed by atoms with van der Waals surface area (Å²) in [6.45, 7) is 0.527. The summed E-state index contributed by atoms with van der Waals surface area (Å²) in [7, 11) is 0. The van der Waals surface area contributed by atoms with Crippen molar-refractivity contribution in [3.8, 4) is 6.07 Å². The Hall–Kier alpha value is -1.86. The number of carboxylic acids is 1. The van der Waals surface area contributed by atoms with E-state index in [1.807, 2.05) is 12.1 Å². The van der Waals surface area contributed by atoms with Crippen LogP contribution < -0.4 is 5.32 Å². The lowest BCUT2D eigenvalue weighted by Crippen LogP contribution is -2.38. The van der Waals surface area contributed by atoms with Crippen LogP contribution in [0.25, 0.3) is 0 Å². The van der Waals surface area contributed by atoms with E-state index in [1.54, 1.807) is 12.1 Å². The van der Waals surface area contributed by atoms with E-state index in [2.05, 4.69) is 11.4 Å². The first-order chi connectivity index (χ1) is 8.20. The largest absolute Gasteiger partial charge is 0.480 e. The molecule has 17 heavy (non-hydrogen) atoms. The van der Waals surface area contributed by atoms with Gasteiger partial charge in [0.05, 0.1) is 11.6 Å². The molecular formula is C13H14N2O2. The number of nitrogens with zero attached hydrogens (tertiary/aromatic N) is 1. The van der Waals surface area contributed by atoms with Gasteiger partial charge < -0.3 is 10.4 Å². The van der Waals surface area contributed by atoms with Crippen LogP contribution in [-0.2, 0) is 11.3 Å². The first kappa shape index (κ1) is 11.6. The van der Waals surface area contributed by atoms with Crippen LogP contribution in [0, 0.1) is 17.2 Å². The minimum absolute atomic E-state index is 0.283. The Morgan fingerprint density at radius 1 is 1.47 bits per heavy atom. The minimum Gasteiger partial charge on any atom is -0.480 e. The van der Waals surface area contributed by atoms with Crippen LogP contribution in [0.5, 0.6) is 0 Å². The second-order valence-corrected chi connectivity index (χ2v) is 4.34. The van der Waals surface area contributed by atoms with Crippen LogP contribution in [0.2, 0.25) is 0 Å². The van der Waals surface area contributed by atoms with Gasteiger partial charge in [-0.15, -0.1) is 0 Å². The monoisotopic (exact) mass is 230 g/mol. The van der Waals surface area contributed by atoms with Crippen molar-refractivity contribution in [2.45, 2.75) is 25.4 Å². The van der Waals surface area contributed by atoms with Crippen LogP contribution in [0.4, 0.5) is 0 Å². The molecule has 0 radical (unpaired) electrons. The molecule has 1 aliphatic carbocycles. The Balaban J connectivity index is 1.92. The van der Waals surface area contributed by atoms with Crippen molar-refractivity contribution >= 4 is 5.97 Å². The lowest BCUT2D eigenvalue weighted by atomic mass is 10.1. The van der Waals surface area contributed by atoms with E-state index in [1.165, 1.54) is 0 Å². The van der Waals surface area contributed by atoms with Gasteiger partial charge in [-0.3, -0.25) is 4.79 Å². The van der Waals surface area contributed by atoms with Gasteiger partial charge in [0.15, 0.2) is 0 Å². The van der Waals surface area contributed by atoms with Crippen LogP contribution in [0.3, 0.4) is 0 Å². The average molecular weight is 230 g/mol. The number of carboxylic acid groups (broad SMARTS) is 1. The number of benzene rings is 1. The summed E-state index contributed by atoms with van der Waals surface area (Å²) in [6, 6.07) is 8.78. The smallest absolute Gasteiger partial charge is 0.320 e. The fraction of sp³-hybridized carbons (Fsp3) is 0.385. The molecular weight excluding hydrogens is 216 g/mol. The van der Waals surface area contributed by atoms with Crippen molar-refractivity contribution in [1.82, 2.24) is 5.32 Å². The molecule has 0 aliphatic heterocycles. The predicted molar refractivity (Wildman–Crippen MR) is 62.1 cm³/mol. The highest BCUT2D eigenvalue weighted by Gasteiger charge is 2.35. The third-order valence-corrected chi connectivity index (χ3v) is 2.97. The summed E-state index contributed by atoms with van der Waals surface area (Å²) in [4.78, 5) is 11.0. The zero-order chi connectivity index (χ0) is 12.3. The molecule has 0 aromatic heterocycles. The molecule has 0 amide bonds. The second kappa shape index (κ2) is 4.98. The van der Waals surface area contributed by atoms with Crippen molar-refractivity contribution in [2.24, 2.45) is 5.92 Å². The summed E-state index contributed by atoms with van der Waals surface area (Å²) < 4.78 is 0. The lowest BCUT2D eigenvalue weighted by molar-refractivity contribution is -0.140. The quantitative estimate of drug-likeness (QED) is 0.804. The third-order valence-electron chi connectivity index (χ3n) is 2.97. The van der Waals surface area contributed by atoms with E-state index >= 15 is 0 Å². The molecule has 2 N–H and O–H groups in total. The summed E-state index contributed by atoms with van der Waals surface area (Å²) >= 11 is 0. The molecule has 4 nitrogen and oxygen atoms in total. The molecule has 1 atom stereocenters. The maximum Gasteiger partial charge on any atom is 0.320 e. The van der Waals surface area contributed by atoms with Gasteiger partial charge in [-0.2, -0.15) is 5.26 Å². The van der Waals surface area contributed by atoms with Gasteiger partial charge >= 0.3 is 5.97 Å². The number of rotatable bonds is 5. The van der Waals surface area contributed by atoms with E-state index in [4.69, 9.17) is 10.4 Å². The summed E-state index contributed by atoms with van der Waals surface area (Å²) in [5.41, 5.74) is 1.61. The molecule has 0 saturated heterocycles. The standard InChI is InChI=1S/C13H14N2O2/c14-7-9-1-3-10(4-2-9)8-15-12(13(16)17)11-5-6-11/h1-4,11-12,15H,5-6,8H2,(H,16,17). The van der Waals surface area contributed by atoms with Gasteiger partial charge in [0, 0.05) is 6.54 Å². The molecule has 4 heteroatoms. The number of nitrogens with one attached hydrogen (secondary N) is 1. The second-order valence-electron chi connectivity index (χ2n) is 4.34. The number of carbonyl (C=O) groups is 1. The van der Waals surface area contributed by atoms with Gasteiger partial charge in [-0.25, -0.2) is 0 Å². The Morgan fingerprint density at radius 3 is 2.59 bits per heavy atom. The highest BCUT2D eigenvalue weighted by molar-refractivity contribution is 5.74. The van der Waals surface area contributed by atoms with Crippen molar-refractivity contribution < 1.29 is 9.90 Å². The zero-order valence-electron chi connectivity index (χ0n) is 9.39. The van der Waals surface area contributed by atoms with Crippen molar-refractivity contribution in [1.29, 1.82) is 5.26 Å². The van der Waals surface area contributed by atoms with Gasteiger partial charge in [0.2, 0.25) is 0 Å². The van der Waals surface area contributed by atoms with Gasteiger partial charge in [-0.1, -0.05) is 12.1 Å². The first-order valence-electron chi connectivity index (χ1n) is 5.66. The molecule has 1 fully saturated rings. The Labute approximate surface area is 99.9 Å². The molecule has 0 heterocycles. The highest BCUT2D eigenvalue weighted by Crippen LogP contribution is 2.32. The maximum absolute atomic E-state index is 11.0. The first-order valence-corrected chi connectivity index (χ1v) is 5.66. The summed E-state index contributed by atoms with van der Waals surface area (Å²) in [5, 5.41) is 20.7. The zero-order valence-corrected chi connectivity index (χ0v) is 9.39. The predicted octanol–water partition coefficient (Wildman–Crippen LogP) is 1.51. The number of hydrogen-bond acceptors (Lipinski definition) is 3. The average Bonchev–Trinajstić information content (AvgIpc) is 3.14. The Bertz CT molecular complexity index is 443. The molecule has 2 rings (SSSR count). The van der Waals surface area contributed by atoms with Gasteiger partial charge in [0.25, 0.3) is 0 Å². The van der Waals surface area contributed by atoms with E-state index in [9.17, 15) is 4.79 Å². The molecule has 1 aromatic carbocycles. The molecule has 1 aliphatic rings. The fourth-order valence-electron chi connectivity index (χ4n) is 1.81. The molecule has 88 valence electrons. The van der Waals surface area contributed by atoms with Crippen LogP contribution in [-0.4, -0.2) is 17.1 Å². The Morgan fingerprint density at radius 2 is 2.12 bits per heavy atom. The van der Waals surface area contributed by atoms with E-state index in [-0.39, 0.29) is 5.92 Å². The van der Waals surface area contributed by atoms with Crippen LogP contribution >= 0.6 is 0 Å².